The van der Waals surface area contributed by atoms with Crippen molar-refractivity contribution < 1.29 is 13.0 Å². The van der Waals surface area contributed by atoms with Crippen molar-refractivity contribution in [1.29, 1.82) is 0 Å². The summed E-state index contributed by atoms with van der Waals surface area (Å²) in [4.78, 5) is 3.77. The molecule has 0 amide bonds. The molecule has 1 aromatic carbocycles. The first-order valence-corrected chi connectivity index (χ1v) is 6.69. The molecule has 1 aliphatic rings. The zero-order valence-corrected chi connectivity index (χ0v) is 10.6. The average Bonchev–Trinajstić information content (AvgIpc) is 2.28. The highest BCUT2D eigenvalue weighted by atomic mass is 35.5. The van der Waals surface area contributed by atoms with E-state index >= 15 is 0 Å². The number of allylic oxidation sites excluding steroid dienone is 1. The standard InChI is InChI=1S/C10H10ClN3O3S/c11-9-8(7-4-2-1-3-5-7)6-14(10(12)13-9)18(15,16)17/h1-6,10H,12H2,(H,15,16,17). The van der Waals surface area contributed by atoms with Crippen LogP contribution in [0.3, 0.4) is 0 Å². The highest BCUT2D eigenvalue weighted by Gasteiger charge is 2.28. The smallest absolute Gasteiger partial charge is 0.291 e. The van der Waals surface area contributed by atoms with Crippen LogP contribution in [0.1, 0.15) is 5.56 Å². The van der Waals surface area contributed by atoms with Crippen molar-refractivity contribution in [2.75, 3.05) is 0 Å². The van der Waals surface area contributed by atoms with E-state index in [1.165, 1.54) is 0 Å². The highest BCUT2D eigenvalue weighted by molar-refractivity contribution is 7.83. The third-order valence-electron chi connectivity index (χ3n) is 2.34. The topological polar surface area (TPSA) is 96.0 Å². The summed E-state index contributed by atoms with van der Waals surface area (Å²) in [7, 11) is -4.47. The Balaban J connectivity index is 2.50. The molecular formula is C10H10ClN3O3S. The Kier molecular flexibility index (Phi) is 3.40. The Bertz CT molecular complexity index is 613. The monoisotopic (exact) mass is 287 g/mol. The zero-order chi connectivity index (χ0) is 13.3. The highest BCUT2D eigenvalue weighted by Crippen LogP contribution is 2.25. The number of halogens is 1. The van der Waals surface area contributed by atoms with Crippen molar-refractivity contribution in [3.8, 4) is 0 Å². The lowest BCUT2D eigenvalue weighted by molar-refractivity contribution is 0.357. The average molecular weight is 288 g/mol. The lowest BCUT2D eigenvalue weighted by Gasteiger charge is -2.26. The van der Waals surface area contributed by atoms with Crippen molar-refractivity contribution in [2.24, 2.45) is 10.7 Å². The van der Waals surface area contributed by atoms with Crippen molar-refractivity contribution in [1.82, 2.24) is 4.31 Å². The molecule has 0 aliphatic carbocycles. The molecule has 18 heavy (non-hydrogen) atoms. The number of nitrogens with two attached hydrogens (primary N) is 1. The van der Waals surface area contributed by atoms with E-state index in [0.717, 1.165) is 6.20 Å². The maximum Gasteiger partial charge on any atom is 0.362 e. The second-order valence-electron chi connectivity index (χ2n) is 3.55. The molecule has 0 fully saturated rings. The van der Waals surface area contributed by atoms with E-state index in [2.05, 4.69) is 4.99 Å². The molecule has 3 N–H and O–H groups in total. The second-order valence-corrected chi connectivity index (χ2v) is 5.23. The Labute approximate surface area is 109 Å². The summed E-state index contributed by atoms with van der Waals surface area (Å²) in [5.41, 5.74) is 6.51. The summed E-state index contributed by atoms with van der Waals surface area (Å²) >= 11 is 5.93. The van der Waals surface area contributed by atoms with Gasteiger partial charge in [-0.15, -0.1) is 0 Å². The number of nitrogens with zero attached hydrogens (tertiary/aromatic N) is 2. The third-order valence-corrected chi connectivity index (χ3v) is 3.49. The largest absolute Gasteiger partial charge is 0.362 e. The Morgan fingerprint density at radius 2 is 1.94 bits per heavy atom. The van der Waals surface area contributed by atoms with Gasteiger partial charge < -0.3 is 0 Å². The minimum Gasteiger partial charge on any atom is -0.291 e. The zero-order valence-electron chi connectivity index (χ0n) is 9.06. The summed E-state index contributed by atoms with van der Waals surface area (Å²) in [6.07, 6.45) is -0.107. The summed E-state index contributed by atoms with van der Waals surface area (Å²) in [5.74, 6) is 0. The molecular weight excluding hydrogens is 278 g/mol. The number of hydrogen-bond acceptors (Lipinski definition) is 4. The van der Waals surface area contributed by atoms with Gasteiger partial charge in [-0.05, 0) is 5.56 Å². The van der Waals surface area contributed by atoms with Crippen LogP contribution in [0.4, 0.5) is 0 Å². The molecule has 1 atom stereocenters. The molecule has 6 nitrogen and oxygen atoms in total. The van der Waals surface area contributed by atoms with Gasteiger partial charge in [-0.3, -0.25) is 10.3 Å². The molecule has 2 rings (SSSR count). The predicted molar refractivity (Wildman–Crippen MR) is 69.1 cm³/mol. The summed E-state index contributed by atoms with van der Waals surface area (Å²) in [6, 6.07) is 8.83. The molecule has 8 heteroatoms. The molecule has 0 aromatic heterocycles. The van der Waals surface area contributed by atoms with Crippen molar-refractivity contribution >= 4 is 32.6 Å². The van der Waals surface area contributed by atoms with E-state index in [1.807, 2.05) is 6.07 Å². The quantitative estimate of drug-likeness (QED) is 0.794. The van der Waals surface area contributed by atoms with Crippen LogP contribution in [0.2, 0.25) is 0 Å². The fraction of sp³-hybridized carbons (Fsp3) is 0.100. The van der Waals surface area contributed by atoms with E-state index in [4.69, 9.17) is 21.9 Å². The molecule has 0 bridgehead atoms. The lowest BCUT2D eigenvalue weighted by atomic mass is 10.1. The van der Waals surface area contributed by atoms with Crippen LogP contribution in [0.25, 0.3) is 5.57 Å². The predicted octanol–water partition coefficient (Wildman–Crippen LogP) is 1.03. The lowest BCUT2D eigenvalue weighted by Crippen LogP contribution is -2.43. The first kappa shape index (κ1) is 13.0. The van der Waals surface area contributed by atoms with Crippen LogP contribution < -0.4 is 5.73 Å². The minimum atomic E-state index is -4.47. The van der Waals surface area contributed by atoms with Gasteiger partial charge in [0.25, 0.3) is 0 Å². The molecule has 1 aromatic rings. The summed E-state index contributed by atoms with van der Waals surface area (Å²) in [6.45, 7) is 0. The van der Waals surface area contributed by atoms with Crippen LogP contribution in [0.5, 0.6) is 0 Å². The number of hydrogen-bond donors (Lipinski definition) is 2. The van der Waals surface area contributed by atoms with E-state index in [0.29, 0.717) is 15.4 Å². The molecule has 0 saturated heterocycles. The Morgan fingerprint density at radius 1 is 1.33 bits per heavy atom. The maximum atomic E-state index is 11.1. The second kappa shape index (κ2) is 4.69. The molecule has 0 saturated carbocycles. The third kappa shape index (κ3) is 2.54. The normalized spacial score (nSPS) is 20.4. The fourth-order valence-electron chi connectivity index (χ4n) is 1.51. The molecule has 0 spiro atoms. The van der Waals surface area contributed by atoms with Gasteiger partial charge in [0.2, 0.25) is 0 Å². The SMILES string of the molecule is NC1N=C(Cl)C(c2ccccc2)=CN1S(=O)(=O)O. The molecule has 1 heterocycles. The van der Waals surface area contributed by atoms with Crippen LogP contribution >= 0.6 is 11.6 Å². The van der Waals surface area contributed by atoms with E-state index in [1.54, 1.807) is 24.3 Å². The van der Waals surface area contributed by atoms with Crippen LogP contribution in [0.15, 0.2) is 41.5 Å². The number of aliphatic imine (C=N–C) groups is 1. The van der Waals surface area contributed by atoms with Gasteiger partial charge >= 0.3 is 10.3 Å². The van der Waals surface area contributed by atoms with Gasteiger partial charge in [0.1, 0.15) is 5.17 Å². The van der Waals surface area contributed by atoms with Gasteiger partial charge in [-0.25, -0.2) is 9.30 Å². The summed E-state index contributed by atoms with van der Waals surface area (Å²) < 4.78 is 31.8. The first-order valence-electron chi connectivity index (χ1n) is 4.92. The Hall–Kier alpha value is -1.41. The fourth-order valence-corrected chi connectivity index (χ4v) is 2.33. The van der Waals surface area contributed by atoms with E-state index in [-0.39, 0.29) is 5.17 Å². The molecule has 96 valence electrons. The van der Waals surface area contributed by atoms with E-state index in [9.17, 15) is 8.42 Å². The van der Waals surface area contributed by atoms with Crippen LogP contribution in [-0.2, 0) is 10.3 Å². The minimum absolute atomic E-state index is 0.0913. The first-order chi connectivity index (χ1) is 8.39. The molecule has 0 radical (unpaired) electrons. The van der Waals surface area contributed by atoms with Gasteiger partial charge in [0.05, 0.1) is 0 Å². The molecule has 1 unspecified atom stereocenters. The molecule has 1 aliphatic heterocycles. The van der Waals surface area contributed by atoms with Crippen molar-refractivity contribution in [3.63, 3.8) is 0 Å². The summed E-state index contributed by atoms with van der Waals surface area (Å²) in [5, 5.41) is 0.0913. The van der Waals surface area contributed by atoms with Gasteiger partial charge in [-0.2, -0.15) is 8.42 Å². The van der Waals surface area contributed by atoms with E-state index < -0.39 is 16.6 Å². The van der Waals surface area contributed by atoms with Crippen molar-refractivity contribution in [2.45, 2.75) is 6.29 Å². The van der Waals surface area contributed by atoms with Crippen molar-refractivity contribution in [3.05, 3.63) is 42.1 Å². The van der Waals surface area contributed by atoms with Gasteiger partial charge in [-0.1, -0.05) is 41.9 Å². The van der Waals surface area contributed by atoms with Crippen LogP contribution in [-0.4, -0.2) is 28.7 Å². The number of benzene rings is 1. The van der Waals surface area contributed by atoms with Gasteiger partial charge in [0.15, 0.2) is 6.29 Å². The maximum absolute atomic E-state index is 11.1. The Morgan fingerprint density at radius 3 is 2.50 bits per heavy atom. The van der Waals surface area contributed by atoms with Gasteiger partial charge in [0, 0.05) is 11.8 Å². The van der Waals surface area contributed by atoms with Crippen LogP contribution in [0, 0.1) is 0 Å². The number of rotatable bonds is 2.